The molecule has 4 nitrogen and oxygen atoms in total. The van der Waals surface area contributed by atoms with E-state index < -0.39 is 0 Å². The first-order valence-corrected chi connectivity index (χ1v) is 6.40. The van der Waals surface area contributed by atoms with E-state index in [0.29, 0.717) is 25.6 Å². The Morgan fingerprint density at radius 3 is 2.59 bits per heavy atom. The van der Waals surface area contributed by atoms with Gasteiger partial charge in [0, 0.05) is 20.1 Å². The monoisotopic (exact) mass is 244 g/mol. The second kappa shape index (κ2) is 7.80. The number of carbonyl (C=O) groups excluding carboxylic acids is 1. The van der Waals surface area contributed by atoms with Crippen LogP contribution in [0.25, 0.3) is 0 Å². The van der Waals surface area contributed by atoms with E-state index in [-0.39, 0.29) is 18.0 Å². The number of ether oxygens (including phenoxy) is 3. The zero-order valence-electron chi connectivity index (χ0n) is 11.1. The Morgan fingerprint density at radius 2 is 2.00 bits per heavy atom. The Balaban J connectivity index is 2.09. The van der Waals surface area contributed by atoms with Crippen molar-refractivity contribution in [1.29, 1.82) is 0 Å². The maximum atomic E-state index is 11.3. The molecule has 4 heteroatoms. The second-order valence-electron chi connectivity index (χ2n) is 4.90. The minimum atomic E-state index is -0.357. The molecular weight excluding hydrogens is 220 g/mol. The summed E-state index contributed by atoms with van der Waals surface area (Å²) in [5, 5.41) is 0. The van der Waals surface area contributed by atoms with Crippen LogP contribution in [-0.4, -0.2) is 44.9 Å². The van der Waals surface area contributed by atoms with Crippen molar-refractivity contribution in [3.63, 3.8) is 0 Å². The third-order valence-corrected chi connectivity index (χ3v) is 2.90. The third-order valence-electron chi connectivity index (χ3n) is 2.90. The van der Waals surface area contributed by atoms with Gasteiger partial charge in [0.2, 0.25) is 0 Å². The lowest BCUT2D eigenvalue weighted by Gasteiger charge is -2.34. The van der Waals surface area contributed by atoms with Gasteiger partial charge in [-0.1, -0.05) is 13.8 Å². The molecule has 0 amide bonds. The van der Waals surface area contributed by atoms with Crippen LogP contribution in [0.5, 0.6) is 0 Å². The maximum Gasteiger partial charge on any atom is 0.166 e. The van der Waals surface area contributed by atoms with Gasteiger partial charge in [-0.25, -0.2) is 0 Å². The number of hydrogen-bond donors (Lipinski definition) is 0. The molecule has 1 saturated carbocycles. The molecule has 0 bridgehead atoms. The smallest absolute Gasteiger partial charge is 0.166 e. The highest BCUT2D eigenvalue weighted by molar-refractivity contribution is 5.90. The van der Waals surface area contributed by atoms with Crippen molar-refractivity contribution in [2.75, 3.05) is 26.9 Å². The predicted molar refractivity (Wildman–Crippen MR) is 65.1 cm³/mol. The molecule has 0 aliphatic heterocycles. The van der Waals surface area contributed by atoms with E-state index in [0.717, 1.165) is 19.4 Å². The van der Waals surface area contributed by atoms with E-state index >= 15 is 0 Å². The maximum absolute atomic E-state index is 11.3. The average Bonchev–Trinajstić information content (AvgIpc) is 2.28. The Bertz CT molecular complexity index is 227. The van der Waals surface area contributed by atoms with Gasteiger partial charge in [-0.3, -0.25) is 4.79 Å². The molecule has 17 heavy (non-hydrogen) atoms. The summed E-state index contributed by atoms with van der Waals surface area (Å²) in [5.74, 6) is 0.852. The number of hydrogen-bond acceptors (Lipinski definition) is 4. The fourth-order valence-corrected chi connectivity index (χ4v) is 1.80. The van der Waals surface area contributed by atoms with Gasteiger partial charge in [0.15, 0.2) is 5.78 Å². The Labute approximate surface area is 104 Å². The largest absolute Gasteiger partial charge is 0.382 e. The van der Waals surface area contributed by atoms with Crippen molar-refractivity contribution in [3.8, 4) is 0 Å². The summed E-state index contributed by atoms with van der Waals surface area (Å²) in [5.41, 5.74) is 0. The van der Waals surface area contributed by atoms with Gasteiger partial charge in [0.05, 0.1) is 19.3 Å². The first-order valence-electron chi connectivity index (χ1n) is 6.40. The number of ketones is 1. The number of methoxy groups -OCH3 is 1. The summed E-state index contributed by atoms with van der Waals surface area (Å²) in [7, 11) is 1.62. The predicted octanol–water partition coefficient (Wildman–Crippen LogP) is 1.81. The van der Waals surface area contributed by atoms with Crippen LogP contribution in [0.4, 0.5) is 0 Å². The molecule has 100 valence electrons. The van der Waals surface area contributed by atoms with Crippen molar-refractivity contribution < 1.29 is 19.0 Å². The summed E-state index contributed by atoms with van der Waals surface area (Å²) >= 11 is 0. The average molecular weight is 244 g/mol. The number of rotatable bonds is 9. The molecule has 1 rings (SSSR count). The van der Waals surface area contributed by atoms with Gasteiger partial charge in [-0.05, 0) is 18.8 Å². The summed E-state index contributed by atoms with van der Waals surface area (Å²) in [6, 6.07) is 0. The van der Waals surface area contributed by atoms with E-state index in [9.17, 15) is 4.79 Å². The third kappa shape index (κ3) is 5.15. The molecule has 0 N–H and O–H groups in total. The standard InChI is InChI=1S/C13H24O4/c1-10(2)5-4-6-16-12-9-11(14)13(12)17-8-7-15-3/h10,12-13H,4-9H2,1-3H3. The van der Waals surface area contributed by atoms with Gasteiger partial charge in [0.1, 0.15) is 6.10 Å². The molecule has 1 fully saturated rings. The van der Waals surface area contributed by atoms with E-state index in [1.165, 1.54) is 0 Å². The molecule has 0 heterocycles. The van der Waals surface area contributed by atoms with Crippen LogP contribution in [0, 0.1) is 5.92 Å². The van der Waals surface area contributed by atoms with Gasteiger partial charge < -0.3 is 14.2 Å². The van der Waals surface area contributed by atoms with Gasteiger partial charge in [-0.15, -0.1) is 0 Å². The molecule has 0 radical (unpaired) electrons. The van der Waals surface area contributed by atoms with Crippen molar-refractivity contribution >= 4 is 5.78 Å². The first-order chi connectivity index (χ1) is 8.15. The highest BCUT2D eigenvalue weighted by atomic mass is 16.6. The quantitative estimate of drug-likeness (QED) is 0.580. The summed E-state index contributed by atoms with van der Waals surface area (Å²) in [4.78, 5) is 11.3. The number of carbonyl (C=O) groups is 1. The van der Waals surface area contributed by atoms with Crippen LogP contribution in [-0.2, 0) is 19.0 Å². The van der Waals surface area contributed by atoms with E-state index in [2.05, 4.69) is 13.8 Å². The second-order valence-corrected chi connectivity index (χ2v) is 4.90. The fraction of sp³-hybridized carbons (Fsp3) is 0.923. The van der Waals surface area contributed by atoms with E-state index in [1.807, 2.05) is 0 Å². The highest BCUT2D eigenvalue weighted by Gasteiger charge is 2.41. The topological polar surface area (TPSA) is 44.8 Å². The molecule has 1 aliphatic rings. The van der Waals surface area contributed by atoms with Gasteiger partial charge >= 0.3 is 0 Å². The molecule has 0 saturated heterocycles. The molecule has 0 aromatic heterocycles. The molecule has 1 aliphatic carbocycles. The molecule has 0 spiro atoms. The van der Waals surface area contributed by atoms with Crippen LogP contribution in [0.15, 0.2) is 0 Å². The molecule has 0 aromatic carbocycles. The SMILES string of the molecule is COCCOC1C(=O)CC1OCCCC(C)C. The highest BCUT2D eigenvalue weighted by Crippen LogP contribution is 2.23. The Kier molecular flexibility index (Phi) is 6.70. The first kappa shape index (κ1) is 14.6. The van der Waals surface area contributed by atoms with Crippen molar-refractivity contribution in [3.05, 3.63) is 0 Å². The zero-order chi connectivity index (χ0) is 12.7. The van der Waals surface area contributed by atoms with Crippen LogP contribution < -0.4 is 0 Å². The lowest BCUT2D eigenvalue weighted by molar-refractivity contribution is -0.167. The van der Waals surface area contributed by atoms with Crippen LogP contribution >= 0.6 is 0 Å². The van der Waals surface area contributed by atoms with Crippen molar-refractivity contribution in [2.45, 2.75) is 45.3 Å². The molecule has 0 aromatic rings. The van der Waals surface area contributed by atoms with Crippen LogP contribution in [0.2, 0.25) is 0 Å². The van der Waals surface area contributed by atoms with Gasteiger partial charge in [0.25, 0.3) is 0 Å². The van der Waals surface area contributed by atoms with Crippen molar-refractivity contribution in [2.24, 2.45) is 5.92 Å². The molecule has 2 unspecified atom stereocenters. The van der Waals surface area contributed by atoms with Crippen LogP contribution in [0.3, 0.4) is 0 Å². The summed E-state index contributed by atoms with van der Waals surface area (Å²) in [6.07, 6.45) is 2.32. The van der Waals surface area contributed by atoms with E-state index in [1.54, 1.807) is 7.11 Å². The van der Waals surface area contributed by atoms with Crippen molar-refractivity contribution in [1.82, 2.24) is 0 Å². The Hall–Kier alpha value is -0.450. The summed E-state index contributed by atoms with van der Waals surface area (Å²) < 4.78 is 16.0. The van der Waals surface area contributed by atoms with Gasteiger partial charge in [-0.2, -0.15) is 0 Å². The number of Topliss-reactive ketones (excluding diaryl/α,β-unsaturated/α-hetero) is 1. The normalized spacial score (nSPS) is 24.1. The fourth-order valence-electron chi connectivity index (χ4n) is 1.80. The zero-order valence-corrected chi connectivity index (χ0v) is 11.1. The Morgan fingerprint density at radius 1 is 1.24 bits per heavy atom. The van der Waals surface area contributed by atoms with Crippen LogP contribution in [0.1, 0.15) is 33.1 Å². The minimum absolute atomic E-state index is 0.0356. The summed E-state index contributed by atoms with van der Waals surface area (Å²) in [6.45, 7) is 6.09. The lowest BCUT2D eigenvalue weighted by atomic mass is 9.90. The minimum Gasteiger partial charge on any atom is -0.382 e. The molecule has 2 atom stereocenters. The van der Waals surface area contributed by atoms with E-state index in [4.69, 9.17) is 14.2 Å². The molecular formula is C13H24O4. The lowest BCUT2D eigenvalue weighted by Crippen LogP contribution is -2.51.